The second kappa shape index (κ2) is 10.3. The molecule has 0 aromatic heterocycles. The Hall–Kier alpha value is -3.12. The number of amides is 1. The predicted molar refractivity (Wildman–Crippen MR) is 125 cm³/mol. The van der Waals surface area contributed by atoms with E-state index in [9.17, 15) is 13.2 Å². The van der Waals surface area contributed by atoms with Gasteiger partial charge in [-0.2, -0.15) is 0 Å². The van der Waals surface area contributed by atoms with Crippen molar-refractivity contribution in [2.24, 2.45) is 0 Å². The van der Waals surface area contributed by atoms with Crippen molar-refractivity contribution >= 4 is 21.6 Å². The maximum absolute atomic E-state index is 13.3. The number of sulfonamides is 1. The molecule has 3 rings (SSSR count). The van der Waals surface area contributed by atoms with Crippen molar-refractivity contribution in [1.29, 1.82) is 0 Å². The molecule has 0 unspecified atom stereocenters. The van der Waals surface area contributed by atoms with E-state index >= 15 is 0 Å². The molecule has 3 aromatic rings. The molecule has 0 heterocycles. The standard InChI is InChI=1S/C25H28N2O3S/c1-20-13-17-23(18-14-20)27(31(29,30)24-11-7-4-8-12-24)19-25(28)26-21(2)15-16-22-9-5-3-6-10-22/h3-14,17-18,21H,15-16,19H2,1-2H3,(H,26,28)/t21-/m1/s1. The quantitative estimate of drug-likeness (QED) is 0.543. The third-order valence-electron chi connectivity index (χ3n) is 5.06. The van der Waals surface area contributed by atoms with Crippen molar-refractivity contribution in [3.05, 3.63) is 96.1 Å². The molecule has 1 amide bonds. The lowest BCUT2D eigenvalue weighted by molar-refractivity contribution is -0.120. The Morgan fingerprint density at radius 2 is 1.48 bits per heavy atom. The van der Waals surface area contributed by atoms with E-state index in [1.807, 2.05) is 44.2 Å². The average Bonchev–Trinajstić information content (AvgIpc) is 2.78. The molecule has 0 bridgehead atoms. The normalized spacial score (nSPS) is 12.2. The Bertz CT molecular complexity index is 1080. The lowest BCUT2D eigenvalue weighted by atomic mass is 10.1. The molecule has 0 radical (unpaired) electrons. The Morgan fingerprint density at radius 1 is 0.903 bits per heavy atom. The topological polar surface area (TPSA) is 66.5 Å². The highest BCUT2D eigenvalue weighted by Crippen LogP contribution is 2.24. The van der Waals surface area contributed by atoms with Gasteiger partial charge in [0.25, 0.3) is 10.0 Å². The molecule has 0 aliphatic rings. The summed E-state index contributed by atoms with van der Waals surface area (Å²) in [5.74, 6) is -0.333. The van der Waals surface area contributed by atoms with Crippen molar-refractivity contribution < 1.29 is 13.2 Å². The number of hydrogen-bond donors (Lipinski definition) is 1. The minimum absolute atomic E-state index is 0.0768. The minimum atomic E-state index is -3.88. The number of nitrogens with one attached hydrogen (secondary N) is 1. The summed E-state index contributed by atoms with van der Waals surface area (Å²) in [6.07, 6.45) is 1.61. The third-order valence-corrected chi connectivity index (χ3v) is 6.84. The Morgan fingerprint density at radius 3 is 2.10 bits per heavy atom. The van der Waals surface area contributed by atoms with E-state index in [4.69, 9.17) is 0 Å². The van der Waals surface area contributed by atoms with E-state index in [2.05, 4.69) is 17.4 Å². The van der Waals surface area contributed by atoms with Crippen LogP contribution in [-0.4, -0.2) is 26.9 Å². The first-order valence-corrected chi connectivity index (χ1v) is 11.8. The van der Waals surface area contributed by atoms with Crippen LogP contribution in [0.25, 0.3) is 0 Å². The number of rotatable bonds is 9. The average molecular weight is 437 g/mol. The number of aryl methyl sites for hydroxylation is 2. The fraction of sp³-hybridized carbons (Fsp3) is 0.240. The largest absolute Gasteiger partial charge is 0.352 e. The molecule has 0 aliphatic carbocycles. The molecular formula is C25H28N2O3S. The number of carbonyl (C=O) groups is 1. The molecule has 1 N–H and O–H groups in total. The molecular weight excluding hydrogens is 408 g/mol. The van der Waals surface area contributed by atoms with Crippen LogP contribution in [0.2, 0.25) is 0 Å². The molecule has 162 valence electrons. The highest BCUT2D eigenvalue weighted by atomic mass is 32.2. The van der Waals surface area contributed by atoms with Crippen LogP contribution in [0.5, 0.6) is 0 Å². The molecule has 6 heteroatoms. The van der Waals surface area contributed by atoms with Gasteiger partial charge in [-0.1, -0.05) is 66.2 Å². The fourth-order valence-corrected chi connectivity index (χ4v) is 4.74. The van der Waals surface area contributed by atoms with Gasteiger partial charge in [0.05, 0.1) is 10.6 Å². The van der Waals surface area contributed by atoms with E-state index in [0.717, 1.165) is 18.4 Å². The van der Waals surface area contributed by atoms with E-state index < -0.39 is 10.0 Å². The number of benzene rings is 3. The van der Waals surface area contributed by atoms with Crippen molar-refractivity contribution in [2.45, 2.75) is 37.6 Å². The summed E-state index contributed by atoms with van der Waals surface area (Å²) in [7, 11) is -3.88. The number of hydrogen-bond acceptors (Lipinski definition) is 3. The first-order chi connectivity index (χ1) is 14.9. The van der Waals surface area contributed by atoms with Gasteiger partial charge >= 0.3 is 0 Å². The zero-order valence-electron chi connectivity index (χ0n) is 17.9. The van der Waals surface area contributed by atoms with Crippen LogP contribution in [0.4, 0.5) is 5.69 Å². The minimum Gasteiger partial charge on any atom is -0.352 e. The second-order valence-electron chi connectivity index (χ2n) is 7.65. The summed E-state index contributed by atoms with van der Waals surface area (Å²) >= 11 is 0. The summed E-state index contributed by atoms with van der Waals surface area (Å²) in [6, 6.07) is 25.3. The number of anilines is 1. The number of nitrogens with zero attached hydrogens (tertiary/aromatic N) is 1. The highest BCUT2D eigenvalue weighted by Gasteiger charge is 2.27. The van der Waals surface area contributed by atoms with Gasteiger partial charge in [0.15, 0.2) is 0 Å². The van der Waals surface area contributed by atoms with Crippen LogP contribution in [0.3, 0.4) is 0 Å². The summed E-state index contributed by atoms with van der Waals surface area (Å²) in [5, 5.41) is 2.94. The molecule has 3 aromatic carbocycles. The Balaban J connectivity index is 1.73. The Kier molecular flexibility index (Phi) is 7.47. The Labute approximate surface area is 184 Å². The van der Waals surface area contributed by atoms with Gasteiger partial charge in [-0.3, -0.25) is 9.10 Å². The van der Waals surface area contributed by atoms with Crippen LogP contribution in [0.15, 0.2) is 89.8 Å². The summed E-state index contributed by atoms with van der Waals surface area (Å²) in [5.41, 5.74) is 2.68. The van der Waals surface area contributed by atoms with Crippen LogP contribution in [-0.2, 0) is 21.2 Å². The van der Waals surface area contributed by atoms with Gasteiger partial charge in [0.1, 0.15) is 6.54 Å². The van der Waals surface area contributed by atoms with Crippen molar-refractivity contribution in [3.63, 3.8) is 0 Å². The van der Waals surface area contributed by atoms with Gasteiger partial charge in [0.2, 0.25) is 5.91 Å². The molecule has 5 nitrogen and oxygen atoms in total. The molecule has 0 spiro atoms. The molecule has 0 saturated carbocycles. The lowest BCUT2D eigenvalue weighted by Crippen LogP contribution is -2.43. The van der Waals surface area contributed by atoms with Crippen molar-refractivity contribution in [3.8, 4) is 0 Å². The van der Waals surface area contributed by atoms with Crippen LogP contribution in [0.1, 0.15) is 24.5 Å². The van der Waals surface area contributed by atoms with Gasteiger partial charge in [-0.25, -0.2) is 8.42 Å². The second-order valence-corrected chi connectivity index (χ2v) is 9.52. The van der Waals surface area contributed by atoms with Gasteiger partial charge in [-0.15, -0.1) is 0 Å². The molecule has 1 atom stereocenters. The van der Waals surface area contributed by atoms with Gasteiger partial charge in [-0.05, 0) is 56.5 Å². The van der Waals surface area contributed by atoms with Crippen LogP contribution >= 0.6 is 0 Å². The fourth-order valence-electron chi connectivity index (χ4n) is 3.30. The van der Waals surface area contributed by atoms with E-state index in [1.165, 1.54) is 22.0 Å². The van der Waals surface area contributed by atoms with E-state index in [-0.39, 0.29) is 23.4 Å². The van der Waals surface area contributed by atoms with Crippen molar-refractivity contribution in [1.82, 2.24) is 5.32 Å². The monoisotopic (exact) mass is 436 g/mol. The maximum atomic E-state index is 13.3. The SMILES string of the molecule is Cc1ccc(N(CC(=O)N[C@H](C)CCc2ccccc2)S(=O)(=O)c2ccccc2)cc1. The smallest absolute Gasteiger partial charge is 0.264 e. The third kappa shape index (κ3) is 6.18. The summed E-state index contributed by atoms with van der Waals surface area (Å²) < 4.78 is 27.8. The summed E-state index contributed by atoms with van der Waals surface area (Å²) in [4.78, 5) is 12.9. The predicted octanol–water partition coefficient (Wildman–Crippen LogP) is 4.33. The van der Waals surface area contributed by atoms with E-state index in [1.54, 1.807) is 30.3 Å². The molecule has 31 heavy (non-hydrogen) atoms. The summed E-state index contributed by atoms with van der Waals surface area (Å²) in [6.45, 7) is 3.58. The molecule has 0 fully saturated rings. The zero-order valence-corrected chi connectivity index (χ0v) is 18.7. The zero-order chi connectivity index (χ0) is 22.3. The number of carbonyl (C=O) groups excluding carboxylic acids is 1. The highest BCUT2D eigenvalue weighted by molar-refractivity contribution is 7.92. The first kappa shape index (κ1) is 22.6. The maximum Gasteiger partial charge on any atom is 0.264 e. The van der Waals surface area contributed by atoms with Gasteiger partial charge < -0.3 is 5.32 Å². The van der Waals surface area contributed by atoms with Crippen LogP contribution in [0, 0.1) is 6.92 Å². The first-order valence-electron chi connectivity index (χ1n) is 10.3. The lowest BCUT2D eigenvalue weighted by Gasteiger charge is -2.25. The molecule has 0 saturated heterocycles. The van der Waals surface area contributed by atoms with Gasteiger partial charge in [0, 0.05) is 6.04 Å². The molecule has 0 aliphatic heterocycles. The van der Waals surface area contributed by atoms with E-state index in [0.29, 0.717) is 5.69 Å². The van der Waals surface area contributed by atoms with Crippen molar-refractivity contribution in [2.75, 3.05) is 10.8 Å². The van der Waals surface area contributed by atoms with Crippen LogP contribution < -0.4 is 9.62 Å².